The molecule has 26 heavy (non-hydrogen) atoms. The molecular formula is C20H11Cl3N2O. The van der Waals surface area contributed by atoms with E-state index in [9.17, 15) is 0 Å². The van der Waals surface area contributed by atoms with Crippen molar-refractivity contribution in [1.29, 1.82) is 0 Å². The van der Waals surface area contributed by atoms with Gasteiger partial charge in [-0.15, -0.1) is 0 Å². The molecular weight excluding hydrogens is 391 g/mol. The maximum absolute atomic E-state index is 6.23. The number of nitrogens with zero attached hydrogens (tertiary/aromatic N) is 2. The smallest absolute Gasteiger partial charge is 0.228 e. The fraction of sp³-hybridized carbons (Fsp3) is 0. The van der Waals surface area contributed by atoms with Gasteiger partial charge in [-0.2, -0.15) is 0 Å². The van der Waals surface area contributed by atoms with E-state index >= 15 is 0 Å². The SMILES string of the molecule is Clc1ccc(C=Nc2ccc3oc(-c4ccc(Cl)cc4Cl)nc3c2)cc1. The highest BCUT2D eigenvalue weighted by Gasteiger charge is 2.12. The van der Waals surface area contributed by atoms with Crippen molar-refractivity contribution in [3.8, 4) is 11.5 Å². The first-order chi connectivity index (χ1) is 12.6. The number of oxazole rings is 1. The molecule has 0 saturated heterocycles. The third kappa shape index (κ3) is 3.61. The molecule has 0 unspecified atom stereocenters. The topological polar surface area (TPSA) is 38.4 Å². The molecule has 0 aliphatic carbocycles. The Balaban J connectivity index is 1.66. The van der Waals surface area contributed by atoms with Crippen LogP contribution in [0.5, 0.6) is 0 Å². The van der Waals surface area contributed by atoms with Crippen LogP contribution in [0.15, 0.2) is 70.1 Å². The second-order valence-electron chi connectivity index (χ2n) is 5.60. The Morgan fingerprint density at radius 3 is 2.38 bits per heavy atom. The highest BCUT2D eigenvalue weighted by Crippen LogP contribution is 2.32. The van der Waals surface area contributed by atoms with E-state index in [0.29, 0.717) is 37.6 Å². The first kappa shape index (κ1) is 17.1. The van der Waals surface area contributed by atoms with Gasteiger partial charge in [-0.1, -0.05) is 46.9 Å². The zero-order valence-electron chi connectivity index (χ0n) is 13.3. The molecule has 4 rings (SSSR count). The van der Waals surface area contributed by atoms with Crippen LogP contribution in [-0.4, -0.2) is 11.2 Å². The fourth-order valence-corrected chi connectivity index (χ4v) is 3.09. The van der Waals surface area contributed by atoms with E-state index in [1.54, 1.807) is 24.4 Å². The quantitative estimate of drug-likeness (QED) is 0.340. The number of hydrogen-bond acceptors (Lipinski definition) is 3. The summed E-state index contributed by atoms with van der Waals surface area (Å²) in [7, 11) is 0. The third-order valence-electron chi connectivity index (χ3n) is 3.77. The summed E-state index contributed by atoms with van der Waals surface area (Å²) in [6.45, 7) is 0. The van der Waals surface area contributed by atoms with Crippen LogP contribution in [0, 0.1) is 0 Å². The van der Waals surface area contributed by atoms with Crippen LogP contribution < -0.4 is 0 Å². The predicted octanol–water partition coefficient (Wildman–Crippen LogP) is 7.21. The van der Waals surface area contributed by atoms with Crippen molar-refractivity contribution in [2.75, 3.05) is 0 Å². The summed E-state index contributed by atoms with van der Waals surface area (Å²) in [4.78, 5) is 8.99. The lowest BCUT2D eigenvalue weighted by Gasteiger charge is -1.98. The molecule has 0 bridgehead atoms. The van der Waals surface area contributed by atoms with Gasteiger partial charge < -0.3 is 4.42 Å². The first-order valence-corrected chi connectivity index (χ1v) is 8.87. The van der Waals surface area contributed by atoms with E-state index in [1.807, 2.05) is 42.5 Å². The van der Waals surface area contributed by atoms with Crippen LogP contribution in [0.1, 0.15) is 5.56 Å². The lowest BCUT2D eigenvalue weighted by molar-refractivity contribution is 0.620. The van der Waals surface area contributed by atoms with E-state index in [2.05, 4.69) is 9.98 Å². The average Bonchev–Trinajstić information content (AvgIpc) is 3.04. The molecule has 0 saturated carbocycles. The normalized spacial score (nSPS) is 11.5. The maximum atomic E-state index is 6.23. The molecule has 1 aromatic heterocycles. The van der Waals surface area contributed by atoms with Gasteiger partial charge in [-0.25, -0.2) is 4.98 Å². The summed E-state index contributed by atoms with van der Waals surface area (Å²) in [5, 5.41) is 1.75. The number of aliphatic imine (C=N–C) groups is 1. The van der Waals surface area contributed by atoms with Gasteiger partial charge in [0.15, 0.2) is 5.58 Å². The molecule has 6 heteroatoms. The summed E-state index contributed by atoms with van der Waals surface area (Å²) in [5.41, 5.74) is 3.80. The number of halogens is 3. The van der Waals surface area contributed by atoms with Crippen molar-refractivity contribution in [3.63, 3.8) is 0 Å². The highest BCUT2D eigenvalue weighted by molar-refractivity contribution is 6.36. The molecule has 0 amide bonds. The van der Waals surface area contributed by atoms with Crippen LogP contribution in [0.2, 0.25) is 15.1 Å². The monoisotopic (exact) mass is 400 g/mol. The maximum Gasteiger partial charge on any atom is 0.228 e. The summed E-state index contributed by atoms with van der Waals surface area (Å²) < 4.78 is 5.80. The van der Waals surface area contributed by atoms with E-state index in [4.69, 9.17) is 39.2 Å². The average molecular weight is 402 g/mol. The van der Waals surface area contributed by atoms with Crippen molar-refractivity contribution in [3.05, 3.63) is 81.3 Å². The van der Waals surface area contributed by atoms with Crippen LogP contribution >= 0.6 is 34.8 Å². The Morgan fingerprint density at radius 2 is 1.62 bits per heavy atom. The third-order valence-corrected chi connectivity index (χ3v) is 4.57. The van der Waals surface area contributed by atoms with E-state index in [1.165, 1.54) is 0 Å². The zero-order valence-corrected chi connectivity index (χ0v) is 15.6. The number of fused-ring (bicyclic) bond motifs is 1. The molecule has 1 heterocycles. The van der Waals surface area contributed by atoms with Crippen LogP contribution in [0.3, 0.4) is 0 Å². The summed E-state index contributed by atoms with van der Waals surface area (Å²) in [6.07, 6.45) is 1.77. The molecule has 4 aromatic rings. The first-order valence-electron chi connectivity index (χ1n) is 7.74. The second kappa shape index (κ2) is 7.12. The van der Waals surface area contributed by atoms with Gasteiger partial charge in [-0.05, 0) is 54.1 Å². The Labute approximate surface area is 164 Å². The molecule has 0 fully saturated rings. The molecule has 0 spiro atoms. The van der Waals surface area contributed by atoms with Crippen molar-refractivity contribution in [1.82, 2.24) is 4.98 Å². The van der Waals surface area contributed by atoms with Crippen LogP contribution in [0.25, 0.3) is 22.6 Å². The van der Waals surface area contributed by atoms with E-state index in [0.717, 1.165) is 11.3 Å². The van der Waals surface area contributed by atoms with Crippen molar-refractivity contribution in [2.24, 2.45) is 4.99 Å². The summed E-state index contributed by atoms with van der Waals surface area (Å²) in [6, 6.07) is 18.2. The Hall–Kier alpha value is -2.33. The number of benzene rings is 3. The standard InChI is InChI=1S/C20H11Cl3N2O/c21-13-3-1-12(2-4-13)11-24-15-6-8-19-18(10-15)25-20(26-19)16-7-5-14(22)9-17(16)23/h1-11H. The lowest BCUT2D eigenvalue weighted by Crippen LogP contribution is -1.79. The Bertz CT molecular complexity index is 1120. The lowest BCUT2D eigenvalue weighted by atomic mass is 10.2. The van der Waals surface area contributed by atoms with E-state index < -0.39 is 0 Å². The number of rotatable bonds is 3. The summed E-state index contributed by atoms with van der Waals surface area (Å²) >= 11 is 18.1. The number of aromatic nitrogens is 1. The van der Waals surface area contributed by atoms with Crippen molar-refractivity contribution in [2.45, 2.75) is 0 Å². The molecule has 3 nitrogen and oxygen atoms in total. The Morgan fingerprint density at radius 1 is 0.846 bits per heavy atom. The number of hydrogen-bond donors (Lipinski definition) is 0. The van der Waals surface area contributed by atoms with Crippen molar-refractivity contribution < 1.29 is 4.42 Å². The fourth-order valence-electron chi connectivity index (χ4n) is 2.47. The molecule has 0 atom stereocenters. The minimum atomic E-state index is 0.445. The molecule has 3 aromatic carbocycles. The zero-order chi connectivity index (χ0) is 18.1. The van der Waals surface area contributed by atoms with Gasteiger partial charge in [0.2, 0.25) is 5.89 Å². The second-order valence-corrected chi connectivity index (χ2v) is 6.89. The highest BCUT2D eigenvalue weighted by atomic mass is 35.5. The molecule has 128 valence electrons. The van der Waals surface area contributed by atoms with Crippen LogP contribution in [-0.2, 0) is 0 Å². The van der Waals surface area contributed by atoms with Crippen molar-refractivity contribution >= 4 is 57.8 Å². The Kier molecular flexibility index (Phi) is 4.68. The van der Waals surface area contributed by atoms with E-state index in [-0.39, 0.29) is 0 Å². The minimum absolute atomic E-state index is 0.445. The van der Waals surface area contributed by atoms with Gasteiger partial charge in [-0.3, -0.25) is 4.99 Å². The molecule has 0 aliphatic heterocycles. The summed E-state index contributed by atoms with van der Waals surface area (Å²) in [5.74, 6) is 0.445. The van der Waals surface area contributed by atoms with Gasteiger partial charge in [0.1, 0.15) is 5.52 Å². The largest absolute Gasteiger partial charge is 0.436 e. The molecule has 0 aliphatic rings. The minimum Gasteiger partial charge on any atom is -0.436 e. The van der Waals surface area contributed by atoms with Crippen LogP contribution in [0.4, 0.5) is 5.69 Å². The molecule has 0 radical (unpaired) electrons. The van der Waals surface area contributed by atoms with Gasteiger partial charge in [0.25, 0.3) is 0 Å². The molecule has 0 N–H and O–H groups in total. The van der Waals surface area contributed by atoms with Gasteiger partial charge in [0, 0.05) is 16.3 Å². The van der Waals surface area contributed by atoms with Gasteiger partial charge >= 0.3 is 0 Å². The van der Waals surface area contributed by atoms with Gasteiger partial charge in [0.05, 0.1) is 16.3 Å². The predicted molar refractivity (Wildman–Crippen MR) is 108 cm³/mol.